The minimum Gasteiger partial charge on any atom is -0.497 e. The summed E-state index contributed by atoms with van der Waals surface area (Å²) in [5.74, 6) is 0.158. The molecule has 0 aliphatic carbocycles. The smallest absolute Gasteiger partial charge is 0.335 e. The van der Waals surface area contributed by atoms with Crippen LogP contribution in [0.5, 0.6) is 17.2 Å². The van der Waals surface area contributed by atoms with Gasteiger partial charge in [-0.3, -0.25) is 14.2 Å². The Morgan fingerprint density at radius 1 is 1.00 bits per heavy atom. The quantitative estimate of drug-likeness (QED) is 0.172. The molecule has 1 atom stereocenters. The number of carbonyl (C=O) groups is 2. The van der Waals surface area contributed by atoms with Gasteiger partial charge in [-0.05, 0) is 101 Å². The minimum absolute atomic E-state index is 0.134. The Kier molecular flexibility index (Phi) is 9.97. The van der Waals surface area contributed by atoms with Gasteiger partial charge < -0.3 is 24.6 Å². The molecular formula is C37H30IN3O7S. The number of fused-ring (bicyclic) bond motifs is 1. The van der Waals surface area contributed by atoms with E-state index in [9.17, 15) is 19.5 Å². The zero-order valence-corrected chi connectivity index (χ0v) is 29.6. The number of ether oxygens (including phenoxy) is 3. The third kappa shape index (κ3) is 7.15. The molecule has 248 valence electrons. The molecule has 0 spiro atoms. The Morgan fingerprint density at radius 3 is 2.51 bits per heavy atom. The highest BCUT2D eigenvalue weighted by Crippen LogP contribution is 2.35. The number of halogens is 1. The van der Waals surface area contributed by atoms with Gasteiger partial charge in [0.25, 0.3) is 11.5 Å². The molecule has 1 aliphatic rings. The van der Waals surface area contributed by atoms with Crippen molar-refractivity contribution in [3.8, 4) is 17.2 Å². The number of aromatic nitrogens is 1. The second-order valence-corrected chi connectivity index (χ2v) is 13.2. The van der Waals surface area contributed by atoms with Gasteiger partial charge in [0.1, 0.15) is 12.4 Å². The van der Waals surface area contributed by atoms with E-state index in [1.807, 2.05) is 48.5 Å². The largest absolute Gasteiger partial charge is 0.497 e. The maximum Gasteiger partial charge on any atom is 0.335 e. The number of hydrogen-bond donors (Lipinski definition) is 2. The van der Waals surface area contributed by atoms with Crippen LogP contribution in [-0.2, 0) is 11.4 Å². The zero-order chi connectivity index (χ0) is 34.7. The van der Waals surface area contributed by atoms with Gasteiger partial charge in [0.2, 0.25) is 0 Å². The minimum atomic E-state index is -1.01. The maximum atomic E-state index is 14.2. The lowest BCUT2D eigenvalue weighted by Gasteiger charge is -2.25. The summed E-state index contributed by atoms with van der Waals surface area (Å²) in [6.45, 7) is 1.91. The number of nitrogens with one attached hydrogen (secondary N) is 1. The third-order valence-electron chi connectivity index (χ3n) is 7.81. The first-order valence-electron chi connectivity index (χ1n) is 15.0. The molecule has 1 aliphatic heterocycles. The fourth-order valence-corrected chi connectivity index (χ4v) is 7.35. The van der Waals surface area contributed by atoms with Gasteiger partial charge in [0.05, 0.1) is 45.2 Å². The molecular weight excluding hydrogens is 757 g/mol. The highest BCUT2D eigenvalue weighted by Gasteiger charge is 2.33. The second kappa shape index (κ2) is 14.5. The number of carboxylic acid groups (broad SMARTS) is 1. The van der Waals surface area contributed by atoms with Gasteiger partial charge in [-0.2, -0.15) is 0 Å². The number of rotatable bonds is 10. The molecule has 0 unspecified atom stereocenters. The van der Waals surface area contributed by atoms with Crippen molar-refractivity contribution in [3.63, 3.8) is 0 Å². The lowest BCUT2D eigenvalue weighted by Crippen LogP contribution is -2.40. The van der Waals surface area contributed by atoms with E-state index in [0.717, 1.165) is 3.57 Å². The fourth-order valence-electron chi connectivity index (χ4n) is 5.52. The second-order valence-electron chi connectivity index (χ2n) is 11.0. The summed E-state index contributed by atoms with van der Waals surface area (Å²) < 4.78 is 19.9. The van der Waals surface area contributed by atoms with Crippen LogP contribution in [0.25, 0.3) is 6.08 Å². The van der Waals surface area contributed by atoms with Crippen LogP contribution in [0.1, 0.15) is 40.0 Å². The van der Waals surface area contributed by atoms with Crippen molar-refractivity contribution in [3.05, 3.63) is 148 Å². The Morgan fingerprint density at radius 2 is 1.78 bits per heavy atom. The first kappa shape index (κ1) is 33.7. The van der Waals surface area contributed by atoms with Crippen LogP contribution in [0.3, 0.4) is 0 Å². The molecule has 2 heterocycles. The summed E-state index contributed by atoms with van der Waals surface area (Å²) in [6, 6.07) is 25.9. The summed E-state index contributed by atoms with van der Waals surface area (Å²) in [5, 5.41) is 12.3. The Bertz CT molecular complexity index is 2300. The number of benzene rings is 4. The van der Waals surface area contributed by atoms with Crippen LogP contribution in [-0.4, -0.2) is 35.8 Å². The monoisotopic (exact) mass is 787 g/mol. The molecule has 0 bridgehead atoms. The first-order chi connectivity index (χ1) is 23.7. The van der Waals surface area contributed by atoms with Gasteiger partial charge in [0, 0.05) is 5.69 Å². The number of carbonyl (C=O) groups excluding carboxylic acids is 1. The van der Waals surface area contributed by atoms with E-state index in [0.29, 0.717) is 60.2 Å². The molecule has 49 heavy (non-hydrogen) atoms. The van der Waals surface area contributed by atoms with Gasteiger partial charge >= 0.3 is 5.97 Å². The topological polar surface area (TPSA) is 128 Å². The molecule has 1 aromatic heterocycles. The van der Waals surface area contributed by atoms with Crippen molar-refractivity contribution in [1.82, 2.24) is 4.57 Å². The van der Waals surface area contributed by atoms with E-state index >= 15 is 0 Å². The van der Waals surface area contributed by atoms with Crippen molar-refractivity contribution < 1.29 is 28.9 Å². The van der Waals surface area contributed by atoms with Crippen LogP contribution in [0, 0.1) is 3.57 Å². The lowest BCUT2D eigenvalue weighted by atomic mass is 9.95. The standard InChI is InChI=1S/C37H30IN3O7S/c1-21-31(34(42)40-26-12-5-4-6-13-26)32(24-10-8-14-27(19-24)46-2)41-35(43)30(49-37(41)39-21)18-23-16-28(38)33(29(17-23)47-3)48-20-22-9-7-11-25(15-22)36(44)45/h4-19,32H,20H2,1-3H3,(H,40,42)(H,44,45)/b30-18-/t32-/m0/s1. The summed E-state index contributed by atoms with van der Waals surface area (Å²) in [7, 11) is 3.09. The molecule has 10 nitrogen and oxygen atoms in total. The number of methoxy groups -OCH3 is 2. The number of para-hydroxylation sites is 1. The molecule has 0 radical (unpaired) electrons. The molecule has 5 aromatic rings. The van der Waals surface area contributed by atoms with E-state index in [2.05, 4.69) is 27.9 Å². The number of hydrogen-bond acceptors (Lipinski definition) is 8. The summed E-state index contributed by atoms with van der Waals surface area (Å²) in [5.41, 5.74) is 3.44. The molecule has 12 heteroatoms. The van der Waals surface area contributed by atoms with Crippen molar-refractivity contribution in [1.29, 1.82) is 0 Å². The molecule has 0 saturated heterocycles. The normalized spacial score (nSPS) is 14.1. The van der Waals surface area contributed by atoms with Crippen molar-refractivity contribution in [2.75, 3.05) is 19.5 Å². The highest BCUT2D eigenvalue weighted by molar-refractivity contribution is 14.1. The third-order valence-corrected chi connectivity index (χ3v) is 9.60. The van der Waals surface area contributed by atoms with Crippen LogP contribution < -0.4 is 34.4 Å². The van der Waals surface area contributed by atoms with Gasteiger partial charge in [-0.15, -0.1) is 0 Å². The number of aromatic carboxylic acids is 1. The van der Waals surface area contributed by atoms with Crippen LogP contribution in [0.4, 0.5) is 5.69 Å². The van der Waals surface area contributed by atoms with E-state index in [4.69, 9.17) is 19.2 Å². The van der Waals surface area contributed by atoms with Crippen LogP contribution in [0.15, 0.2) is 112 Å². The number of allylic oxidation sites excluding steroid dienone is 1. The average molecular weight is 788 g/mol. The van der Waals surface area contributed by atoms with Crippen molar-refractivity contribution >= 4 is 57.6 Å². The van der Waals surface area contributed by atoms with Crippen LogP contribution >= 0.6 is 33.9 Å². The Labute approximate surface area is 298 Å². The van der Waals surface area contributed by atoms with E-state index in [1.165, 1.54) is 24.5 Å². The van der Waals surface area contributed by atoms with Crippen molar-refractivity contribution in [2.45, 2.75) is 19.6 Å². The molecule has 6 rings (SSSR count). The molecule has 0 saturated carbocycles. The van der Waals surface area contributed by atoms with E-state index < -0.39 is 12.0 Å². The van der Waals surface area contributed by atoms with E-state index in [-0.39, 0.29) is 23.6 Å². The maximum absolute atomic E-state index is 14.2. The van der Waals surface area contributed by atoms with Gasteiger partial charge in [-0.25, -0.2) is 9.79 Å². The van der Waals surface area contributed by atoms with Gasteiger partial charge in [0.15, 0.2) is 16.3 Å². The number of amides is 1. The molecule has 4 aromatic carbocycles. The van der Waals surface area contributed by atoms with Crippen molar-refractivity contribution in [2.24, 2.45) is 4.99 Å². The number of thiazole rings is 1. The first-order valence-corrected chi connectivity index (χ1v) is 16.9. The number of nitrogens with zero attached hydrogens (tertiary/aromatic N) is 2. The predicted octanol–water partition coefficient (Wildman–Crippen LogP) is 5.77. The molecule has 2 N–H and O–H groups in total. The zero-order valence-electron chi connectivity index (χ0n) is 26.6. The average Bonchev–Trinajstić information content (AvgIpc) is 3.40. The SMILES string of the molecule is COc1cccc([C@H]2C(C(=O)Nc3ccccc3)=C(C)N=c3s/c(=C\c4cc(I)c(OCc5cccc(C(=O)O)c5)c(OC)c4)c(=O)n32)c1. The van der Waals surface area contributed by atoms with E-state index in [1.54, 1.807) is 61.1 Å². The number of carboxylic acids is 1. The van der Waals surface area contributed by atoms with Gasteiger partial charge in [-0.1, -0.05) is 53.8 Å². The Hall–Kier alpha value is -5.21. The summed E-state index contributed by atoms with van der Waals surface area (Å²) >= 11 is 3.37. The number of anilines is 1. The van der Waals surface area contributed by atoms with Crippen LogP contribution in [0.2, 0.25) is 0 Å². The summed E-state index contributed by atoms with van der Waals surface area (Å²) in [6.07, 6.45) is 1.76. The summed E-state index contributed by atoms with van der Waals surface area (Å²) in [4.78, 5) is 44.6. The lowest BCUT2D eigenvalue weighted by molar-refractivity contribution is -0.113. The fraction of sp³-hybridized carbons (Fsp3) is 0.135. The predicted molar refractivity (Wildman–Crippen MR) is 195 cm³/mol. The highest BCUT2D eigenvalue weighted by atomic mass is 127. The molecule has 0 fully saturated rings. The molecule has 1 amide bonds. The Balaban J connectivity index is 1.39.